The lowest BCUT2D eigenvalue weighted by Crippen LogP contribution is -2.26. The first kappa shape index (κ1) is 15.0. The first-order valence-electron chi connectivity index (χ1n) is 7.59. The normalized spacial score (nSPS) is 12.6. The molecule has 1 N–H and O–H groups in total. The van der Waals surface area contributed by atoms with Crippen LogP contribution in [0, 0.1) is 0 Å². The summed E-state index contributed by atoms with van der Waals surface area (Å²) in [6.07, 6.45) is 9.60. The van der Waals surface area contributed by atoms with Gasteiger partial charge < -0.3 is 5.32 Å². The molecule has 3 aromatic rings. The van der Waals surface area contributed by atoms with Crippen LogP contribution >= 0.6 is 0 Å². The predicted octanol–water partition coefficient (Wildman–Crippen LogP) is 3.01. The van der Waals surface area contributed by atoms with Crippen LogP contribution in [-0.2, 0) is 4.79 Å². The summed E-state index contributed by atoms with van der Waals surface area (Å²) in [4.78, 5) is 20.8. The maximum Gasteiger partial charge on any atom is 0.244 e. The molecule has 0 saturated heterocycles. The molecule has 0 aliphatic carbocycles. The SMILES string of the molecule is CCC(NC(=O)C=Cc1ccccc1)c1cn2cccnc2n1. The van der Waals surface area contributed by atoms with Gasteiger partial charge in [-0.05, 0) is 24.1 Å². The van der Waals surface area contributed by atoms with Crippen LogP contribution in [0.15, 0.2) is 61.1 Å². The van der Waals surface area contributed by atoms with E-state index in [0.717, 1.165) is 17.7 Å². The number of carbonyl (C=O) groups is 1. The second-order valence-electron chi connectivity index (χ2n) is 5.21. The highest BCUT2D eigenvalue weighted by Crippen LogP contribution is 2.15. The molecule has 116 valence electrons. The van der Waals surface area contributed by atoms with E-state index in [1.54, 1.807) is 18.3 Å². The molecule has 1 amide bonds. The lowest BCUT2D eigenvalue weighted by Gasteiger charge is -2.12. The topological polar surface area (TPSA) is 59.3 Å². The molecule has 23 heavy (non-hydrogen) atoms. The second-order valence-corrected chi connectivity index (χ2v) is 5.21. The van der Waals surface area contributed by atoms with Gasteiger partial charge in [0.2, 0.25) is 11.7 Å². The quantitative estimate of drug-likeness (QED) is 0.737. The van der Waals surface area contributed by atoms with Crippen molar-refractivity contribution >= 4 is 17.8 Å². The van der Waals surface area contributed by atoms with Crippen molar-refractivity contribution in [3.63, 3.8) is 0 Å². The van der Waals surface area contributed by atoms with Crippen molar-refractivity contribution in [2.75, 3.05) is 0 Å². The lowest BCUT2D eigenvalue weighted by atomic mass is 10.1. The molecule has 0 saturated carbocycles. The van der Waals surface area contributed by atoms with Crippen molar-refractivity contribution < 1.29 is 4.79 Å². The van der Waals surface area contributed by atoms with Crippen molar-refractivity contribution in [1.29, 1.82) is 0 Å². The maximum atomic E-state index is 12.1. The van der Waals surface area contributed by atoms with Gasteiger partial charge in [0, 0.05) is 24.7 Å². The maximum absolute atomic E-state index is 12.1. The Morgan fingerprint density at radius 1 is 1.30 bits per heavy atom. The van der Waals surface area contributed by atoms with Crippen molar-refractivity contribution in [3.05, 3.63) is 72.3 Å². The third-order valence-corrected chi connectivity index (χ3v) is 3.56. The average molecular weight is 306 g/mol. The molecule has 1 atom stereocenters. The van der Waals surface area contributed by atoms with Crippen molar-refractivity contribution in [3.8, 4) is 0 Å². The molecule has 0 bridgehead atoms. The summed E-state index contributed by atoms with van der Waals surface area (Å²) in [5.41, 5.74) is 1.81. The summed E-state index contributed by atoms with van der Waals surface area (Å²) in [5, 5.41) is 2.98. The zero-order valence-corrected chi connectivity index (χ0v) is 12.9. The van der Waals surface area contributed by atoms with E-state index in [9.17, 15) is 4.79 Å². The van der Waals surface area contributed by atoms with Gasteiger partial charge in [-0.1, -0.05) is 37.3 Å². The van der Waals surface area contributed by atoms with E-state index in [2.05, 4.69) is 15.3 Å². The molecule has 0 fully saturated rings. The fourth-order valence-corrected chi connectivity index (χ4v) is 2.36. The number of benzene rings is 1. The van der Waals surface area contributed by atoms with Crippen molar-refractivity contribution in [2.24, 2.45) is 0 Å². The molecular formula is C18H18N4O. The van der Waals surface area contributed by atoms with E-state index >= 15 is 0 Å². The molecule has 2 aromatic heterocycles. The van der Waals surface area contributed by atoms with E-state index in [4.69, 9.17) is 0 Å². The minimum atomic E-state index is -0.135. The van der Waals surface area contributed by atoms with Crippen LogP contribution < -0.4 is 5.32 Å². The van der Waals surface area contributed by atoms with Crippen LogP contribution in [0.3, 0.4) is 0 Å². The van der Waals surface area contributed by atoms with Gasteiger partial charge in [0.05, 0.1) is 11.7 Å². The summed E-state index contributed by atoms with van der Waals surface area (Å²) in [6, 6.07) is 11.4. The van der Waals surface area contributed by atoms with Crippen LogP contribution in [0.4, 0.5) is 0 Å². The van der Waals surface area contributed by atoms with Gasteiger partial charge in [-0.3, -0.25) is 9.20 Å². The Bertz CT molecular complexity index is 790. The highest BCUT2D eigenvalue weighted by molar-refractivity contribution is 5.91. The number of hydrogen-bond donors (Lipinski definition) is 1. The number of amides is 1. The average Bonchev–Trinajstić information content (AvgIpc) is 3.02. The second kappa shape index (κ2) is 6.87. The van der Waals surface area contributed by atoms with Crippen LogP contribution in [0.2, 0.25) is 0 Å². The first-order valence-corrected chi connectivity index (χ1v) is 7.59. The standard InChI is InChI=1S/C18H18N4O/c1-2-15(16-13-22-12-6-11-19-18(22)21-16)20-17(23)10-9-14-7-4-3-5-8-14/h3-13,15H,2H2,1H3,(H,20,23). The molecule has 0 radical (unpaired) electrons. The smallest absolute Gasteiger partial charge is 0.244 e. The predicted molar refractivity (Wildman–Crippen MR) is 89.6 cm³/mol. The Morgan fingerprint density at radius 2 is 2.13 bits per heavy atom. The number of nitrogens with zero attached hydrogens (tertiary/aromatic N) is 3. The zero-order chi connectivity index (χ0) is 16.1. The van der Waals surface area contributed by atoms with E-state index < -0.39 is 0 Å². The summed E-state index contributed by atoms with van der Waals surface area (Å²) in [5.74, 6) is 0.501. The molecule has 0 spiro atoms. The number of fused-ring (bicyclic) bond motifs is 1. The number of carbonyl (C=O) groups excluding carboxylic acids is 1. The molecule has 5 nitrogen and oxygen atoms in total. The van der Waals surface area contributed by atoms with Gasteiger partial charge in [-0.15, -0.1) is 0 Å². The highest BCUT2D eigenvalue weighted by atomic mass is 16.1. The number of hydrogen-bond acceptors (Lipinski definition) is 3. The van der Waals surface area contributed by atoms with Crippen LogP contribution in [0.25, 0.3) is 11.9 Å². The Labute approximate surface area is 134 Å². The third kappa shape index (κ3) is 3.63. The number of imidazole rings is 1. The fourth-order valence-electron chi connectivity index (χ4n) is 2.36. The zero-order valence-electron chi connectivity index (χ0n) is 12.9. The fraction of sp³-hybridized carbons (Fsp3) is 0.167. The number of nitrogens with one attached hydrogen (secondary N) is 1. The van der Waals surface area contributed by atoms with Crippen LogP contribution in [-0.4, -0.2) is 20.3 Å². The summed E-state index contributed by atoms with van der Waals surface area (Å²) in [6.45, 7) is 2.02. The number of aromatic nitrogens is 3. The minimum absolute atomic E-state index is 0.134. The minimum Gasteiger partial charge on any atom is -0.344 e. The van der Waals surface area contributed by atoms with Crippen LogP contribution in [0.1, 0.15) is 30.6 Å². The van der Waals surface area contributed by atoms with Gasteiger partial charge >= 0.3 is 0 Å². The highest BCUT2D eigenvalue weighted by Gasteiger charge is 2.15. The summed E-state index contributed by atoms with van der Waals surface area (Å²) >= 11 is 0. The Hall–Kier alpha value is -2.95. The first-order chi connectivity index (χ1) is 11.3. The molecule has 5 heteroatoms. The Morgan fingerprint density at radius 3 is 2.87 bits per heavy atom. The van der Waals surface area contributed by atoms with E-state index in [-0.39, 0.29) is 11.9 Å². The molecule has 0 aliphatic heterocycles. The third-order valence-electron chi connectivity index (χ3n) is 3.56. The lowest BCUT2D eigenvalue weighted by molar-refractivity contribution is -0.117. The molecule has 2 heterocycles. The monoisotopic (exact) mass is 306 g/mol. The molecule has 0 aliphatic rings. The van der Waals surface area contributed by atoms with Gasteiger partial charge in [-0.25, -0.2) is 9.97 Å². The largest absolute Gasteiger partial charge is 0.344 e. The molecule has 1 unspecified atom stereocenters. The van der Waals surface area contributed by atoms with E-state index in [1.807, 2.05) is 60.1 Å². The van der Waals surface area contributed by atoms with Crippen LogP contribution in [0.5, 0.6) is 0 Å². The van der Waals surface area contributed by atoms with Gasteiger partial charge in [0.15, 0.2) is 0 Å². The molecule has 3 rings (SSSR count). The van der Waals surface area contributed by atoms with Gasteiger partial charge in [0.25, 0.3) is 0 Å². The molecule has 1 aromatic carbocycles. The van der Waals surface area contributed by atoms with Crippen molar-refractivity contribution in [2.45, 2.75) is 19.4 Å². The van der Waals surface area contributed by atoms with Gasteiger partial charge in [-0.2, -0.15) is 0 Å². The van der Waals surface area contributed by atoms with E-state index in [1.165, 1.54) is 0 Å². The van der Waals surface area contributed by atoms with Gasteiger partial charge in [0.1, 0.15) is 0 Å². The van der Waals surface area contributed by atoms with E-state index in [0.29, 0.717) is 5.78 Å². The summed E-state index contributed by atoms with van der Waals surface area (Å²) in [7, 11) is 0. The summed E-state index contributed by atoms with van der Waals surface area (Å²) < 4.78 is 1.85. The van der Waals surface area contributed by atoms with Crippen molar-refractivity contribution in [1.82, 2.24) is 19.7 Å². The Balaban J connectivity index is 1.71. The number of rotatable bonds is 5. The Kier molecular flexibility index (Phi) is 4.47. The molecular weight excluding hydrogens is 288 g/mol.